The number of nitrogens with one attached hydrogen (secondary N) is 1. The molecule has 154 valence electrons. The van der Waals surface area contributed by atoms with Crippen molar-refractivity contribution >= 4 is 22.6 Å². The van der Waals surface area contributed by atoms with Crippen LogP contribution in [0.1, 0.15) is 84.0 Å². The smallest absolute Gasteiger partial charge is 0.411 e. The van der Waals surface area contributed by atoms with E-state index in [0.717, 1.165) is 29.3 Å². The summed E-state index contributed by atoms with van der Waals surface area (Å²) in [6, 6.07) is 13.9. The van der Waals surface area contributed by atoms with Crippen molar-refractivity contribution in [1.29, 1.82) is 0 Å². The summed E-state index contributed by atoms with van der Waals surface area (Å²) in [5.74, 6) is 0. The Morgan fingerprint density at radius 3 is 2.00 bits per heavy atom. The van der Waals surface area contributed by atoms with Crippen molar-refractivity contribution in [3.05, 3.63) is 42.5 Å². The topological polar surface area (TPSA) is 38.3 Å². The third-order valence-electron chi connectivity index (χ3n) is 5.26. The minimum absolute atomic E-state index is 0.362. The minimum Gasteiger partial charge on any atom is -0.449 e. The zero-order valence-electron chi connectivity index (χ0n) is 17.6. The third kappa shape index (κ3) is 8.77. The Morgan fingerprint density at radius 1 is 0.750 bits per heavy atom. The fourth-order valence-electron chi connectivity index (χ4n) is 3.59. The predicted octanol–water partition coefficient (Wildman–Crippen LogP) is 8.09. The second-order valence-electron chi connectivity index (χ2n) is 7.68. The molecule has 0 saturated heterocycles. The molecule has 0 atom stereocenters. The van der Waals surface area contributed by atoms with Gasteiger partial charge in [0, 0.05) is 5.39 Å². The number of anilines is 1. The third-order valence-corrected chi connectivity index (χ3v) is 5.26. The van der Waals surface area contributed by atoms with E-state index in [2.05, 4.69) is 12.2 Å². The Bertz CT molecular complexity index is 678. The van der Waals surface area contributed by atoms with Crippen LogP contribution in [0.3, 0.4) is 0 Å². The number of hydrogen-bond acceptors (Lipinski definition) is 2. The maximum atomic E-state index is 12.0. The van der Waals surface area contributed by atoms with E-state index in [-0.39, 0.29) is 6.09 Å². The molecule has 2 aromatic carbocycles. The van der Waals surface area contributed by atoms with Crippen molar-refractivity contribution in [2.45, 2.75) is 84.0 Å². The van der Waals surface area contributed by atoms with Gasteiger partial charge < -0.3 is 4.74 Å². The molecule has 0 heterocycles. The van der Waals surface area contributed by atoms with Gasteiger partial charge in [-0.1, -0.05) is 114 Å². The first-order valence-electron chi connectivity index (χ1n) is 11.2. The summed E-state index contributed by atoms with van der Waals surface area (Å²) in [5.41, 5.74) is 0.804. The quantitative estimate of drug-likeness (QED) is 0.335. The van der Waals surface area contributed by atoms with E-state index in [1.54, 1.807) is 0 Å². The average Bonchev–Trinajstić information content (AvgIpc) is 2.72. The zero-order chi connectivity index (χ0) is 19.9. The van der Waals surface area contributed by atoms with E-state index in [1.807, 2.05) is 42.5 Å². The Kier molecular flexibility index (Phi) is 11.2. The molecule has 0 radical (unpaired) electrons. The lowest BCUT2D eigenvalue weighted by atomic mass is 10.1. The molecule has 0 aromatic heterocycles. The van der Waals surface area contributed by atoms with Crippen molar-refractivity contribution in [2.75, 3.05) is 11.9 Å². The van der Waals surface area contributed by atoms with Crippen LogP contribution in [0.2, 0.25) is 0 Å². The number of fused-ring (bicyclic) bond motifs is 1. The Hall–Kier alpha value is -2.03. The van der Waals surface area contributed by atoms with E-state index in [4.69, 9.17) is 4.74 Å². The molecule has 0 aliphatic rings. The number of benzene rings is 2. The number of rotatable bonds is 14. The summed E-state index contributed by atoms with van der Waals surface area (Å²) in [5, 5.41) is 5.01. The van der Waals surface area contributed by atoms with E-state index < -0.39 is 0 Å². The molecular weight excluding hydrogens is 346 g/mol. The number of unbranched alkanes of at least 4 members (excludes halogenated alkanes) is 11. The molecule has 0 spiro atoms. The fourth-order valence-corrected chi connectivity index (χ4v) is 3.59. The molecule has 1 N–H and O–H groups in total. The van der Waals surface area contributed by atoms with Gasteiger partial charge in [0.05, 0.1) is 12.3 Å². The Labute approximate surface area is 170 Å². The first-order valence-corrected chi connectivity index (χ1v) is 11.2. The van der Waals surface area contributed by atoms with Crippen molar-refractivity contribution in [3.63, 3.8) is 0 Å². The maximum Gasteiger partial charge on any atom is 0.411 e. The first-order chi connectivity index (χ1) is 13.8. The van der Waals surface area contributed by atoms with Crippen LogP contribution in [0.25, 0.3) is 10.8 Å². The molecule has 1 amide bonds. The minimum atomic E-state index is -0.362. The summed E-state index contributed by atoms with van der Waals surface area (Å²) in [4.78, 5) is 12.0. The molecule has 2 rings (SSSR count). The molecular formula is C25H37NO2. The van der Waals surface area contributed by atoms with Gasteiger partial charge in [0.25, 0.3) is 0 Å². The Balaban J connectivity index is 1.47. The van der Waals surface area contributed by atoms with Crippen LogP contribution in [0.5, 0.6) is 0 Å². The standard InChI is InChI=1S/C25H37NO2/c1-2-3-4-5-6-7-8-9-10-11-12-15-21-28-25(27)26-24-20-16-18-22-17-13-14-19-23(22)24/h13-14,16-20H,2-12,15,21H2,1H3,(H,26,27). The summed E-state index contributed by atoms with van der Waals surface area (Å²) in [6.07, 6.45) is 15.3. The van der Waals surface area contributed by atoms with Gasteiger partial charge in [-0.05, 0) is 17.9 Å². The van der Waals surface area contributed by atoms with E-state index in [9.17, 15) is 4.79 Å². The summed E-state index contributed by atoms with van der Waals surface area (Å²) >= 11 is 0. The van der Waals surface area contributed by atoms with E-state index >= 15 is 0 Å². The van der Waals surface area contributed by atoms with E-state index in [1.165, 1.54) is 64.2 Å². The van der Waals surface area contributed by atoms with Gasteiger partial charge in [0.2, 0.25) is 0 Å². The highest BCUT2D eigenvalue weighted by molar-refractivity contribution is 6.00. The predicted molar refractivity (Wildman–Crippen MR) is 120 cm³/mol. The average molecular weight is 384 g/mol. The SMILES string of the molecule is CCCCCCCCCCCCCCOC(=O)Nc1cccc2ccccc12. The largest absolute Gasteiger partial charge is 0.449 e. The van der Waals surface area contributed by atoms with E-state index in [0.29, 0.717) is 6.61 Å². The molecule has 0 fully saturated rings. The molecule has 3 heteroatoms. The molecule has 0 bridgehead atoms. The van der Waals surface area contributed by atoms with Crippen LogP contribution in [0, 0.1) is 0 Å². The number of amides is 1. The lowest BCUT2D eigenvalue weighted by Crippen LogP contribution is -2.14. The Morgan fingerprint density at radius 2 is 1.32 bits per heavy atom. The van der Waals surface area contributed by atoms with Crippen LogP contribution >= 0.6 is 0 Å². The normalized spacial score (nSPS) is 10.9. The highest BCUT2D eigenvalue weighted by Gasteiger charge is 2.06. The van der Waals surface area contributed by atoms with Crippen molar-refractivity contribution in [3.8, 4) is 0 Å². The maximum absolute atomic E-state index is 12.0. The number of carbonyl (C=O) groups is 1. The lowest BCUT2D eigenvalue weighted by Gasteiger charge is -2.09. The monoisotopic (exact) mass is 383 g/mol. The number of hydrogen-bond donors (Lipinski definition) is 1. The van der Waals surface area contributed by atoms with Gasteiger partial charge in [-0.15, -0.1) is 0 Å². The highest BCUT2D eigenvalue weighted by atomic mass is 16.5. The first kappa shape index (κ1) is 22.3. The van der Waals surface area contributed by atoms with Crippen LogP contribution in [-0.4, -0.2) is 12.7 Å². The van der Waals surface area contributed by atoms with Gasteiger partial charge in [-0.3, -0.25) is 5.32 Å². The molecule has 0 aliphatic carbocycles. The van der Waals surface area contributed by atoms with Gasteiger partial charge in [0.15, 0.2) is 0 Å². The van der Waals surface area contributed by atoms with Crippen LogP contribution in [0.15, 0.2) is 42.5 Å². The van der Waals surface area contributed by atoms with Crippen molar-refractivity contribution in [1.82, 2.24) is 0 Å². The van der Waals surface area contributed by atoms with Gasteiger partial charge in [-0.2, -0.15) is 0 Å². The second kappa shape index (κ2) is 14.0. The second-order valence-corrected chi connectivity index (χ2v) is 7.68. The van der Waals surface area contributed by atoms with Gasteiger partial charge in [0.1, 0.15) is 0 Å². The summed E-state index contributed by atoms with van der Waals surface area (Å²) in [7, 11) is 0. The summed E-state index contributed by atoms with van der Waals surface area (Å²) < 4.78 is 5.34. The molecule has 0 saturated carbocycles. The highest BCUT2D eigenvalue weighted by Crippen LogP contribution is 2.23. The molecule has 3 nitrogen and oxygen atoms in total. The zero-order valence-corrected chi connectivity index (χ0v) is 17.6. The molecule has 2 aromatic rings. The van der Waals surface area contributed by atoms with Crippen molar-refractivity contribution in [2.24, 2.45) is 0 Å². The summed E-state index contributed by atoms with van der Waals surface area (Å²) in [6.45, 7) is 2.76. The van der Waals surface area contributed by atoms with Gasteiger partial charge in [-0.25, -0.2) is 4.79 Å². The van der Waals surface area contributed by atoms with Crippen LogP contribution in [0.4, 0.5) is 10.5 Å². The van der Waals surface area contributed by atoms with Crippen LogP contribution in [-0.2, 0) is 4.74 Å². The molecule has 0 unspecified atom stereocenters. The van der Waals surface area contributed by atoms with Crippen LogP contribution < -0.4 is 5.32 Å². The molecule has 0 aliphatic heterocycles. The fraction of sp³-hybridized carbons (Fsp3) is 0.560. The number of ether oxygens (including phenoxy) is 1. The molecule has 28 heavy (non-hydrogen) atoms. The van der Waals surface area contributed by atoms with Gasteiger partial charge >= 0.3 is 6.09 Å². The van der Waals surface area contributed by atoms with Crippen molar-refractivity contribution < 1.29 is 9.53 Å². The lowest BCUT2D eigenvalue weighted by molar-refractivity contribution is 0.159. The number of carbonyl (C=O) groups excluding carboxylic acids is 1.